The second kappa shape index (κ2) is 5.22. The Morgan fingerprint density at radius 1 is 0.875 bits per heavy atom. The van der Waals surface area contributed by atoms with Crippen molar-refractivity contribution in [2.24, 2.45) is 20.9 Å². The van der Waals surface area contributed by atoms with Crippen LogP contribution in [0.4, 0.5) is 0 Å². The number of hydrogen-bond acceptors (Lipinski definition) is 0. The molecule has 0 radical (unpaired) electrons. The highest BCUT2D eigenvalue weighted by molar-refractivity contribution is 4.34. The van der Waals surface area contributed by atoms with Crippen LogP contribution in [0, 0.1) is 0 Å². The Balaban J connectivity index is 3.66. The molecular formula is N8. The van der Waals surface area contributed by atoms with Gasteiger partial charge < -0.3 is 0 Å². The molecule has 8 nitrogen and oxygen atoms in total. The molecule has 0 N–H and O–H groups in total. The fraction of sp³-hybridized carbons (Fsp3) is 0. The van der Waals surface area contributed by atoms with Crippen molar-refractivity contribution in [3.8, 4) is 0 Å². The molecule has 0 aromatic carbocycles. The number of rotatable bonds is 2. The van der Waals surface area contributed by atoms with Crippen LogP contribution in [0.2, 0.25) is 0 Å². The Labute approximate surface area is 43.0 Å². The summed E-state index contributed by atoms with van der Waals surface area (Å²) in [7, 11) is 0. The maximum Gasteiger partial charge on any atom is 0.225 e. The molecule has 0 aliphatic rings. The molecule has 0 bridgehead atoms. The lowest BCUT2D eigenvalue weighted by atomic mass is 12.4. The maximum atomic E-state index is 7.54. The zero-order chi connectivity index (χ0) is 6.24. The lowest BCUT2D eigenvalue weighted by Gasteiger charge is -1.47. The van der Waals surface area contributed by atoms with Gasteiger partial charge in [0.2, 0.25) is 10.4 Å². The van der Waals surface area contributed by atoms with E-state index in [9.17, 15) is 0 Å². The molecule has 0 amide bonds. The summed E-state index contributed by atoms with van der Waals surface area (Å²) in [5.74, 6) is 0. The van der Waals surface area contributed by atoms with Gasteiger partial charge in [-0.3, -0.25) is 0 Å². The zero-order valence-corrected chi connectivity index (χ0v) is 3.58. The topological polar surface area (TPSA) is 122 Å². The van der Waals surface area contributed by atoms with E-state index in [1.165, 1.54) is 0 Å². The molecule has 0 heterocycles. The minimum Gasteiger partial charge on any atom is -0.161 e. The average molecular weight is 112 g/mol. The van der Waals surface area contributed by atoms with E-state index in [0.717, 1.165) is 0 Å². The van der Waals surface area contributed by atoms with Crippen LogP contribution in [0.5, 0.6) is 0 Å². The minimum atomic E-state index is 2.19. The summed E-state index contributed by atoms with van der Waals surface area (Å²) >= 11 is 0. The molecule has 0 aliphatic carbocycles. The van der Waals surface area contributed by atoms with Crippen molar-refractivity contribution >= 4 is 0 Å². The van der Waals surface area contributed by atoms with Gasteiger partial charge >= 0.3 is 0 Å². The maximum absolute atomic E-state index is 7.54. The normalized spacial score (nSPS) is 7.50. The molecule has 0 aromatic heterocycles. The van der Waals surface area contributed by atoms with Crippen molar-refractivity contribution in [2.75, 3.05) is 0 Å². The minimum absolute atomic E-state index is 2.19. The first kappa shape index (κ1) is 6.22. The summed E-state index contributed by atoms with van der Waals surface area (Å²) < 4.78 is 0. The van der Waals surface area contributed by atoms with Gasteiger partial charge in [-0.05, 0) is 0 Å². The lowest BCUT2D eigenvalue weighted by Crippen LogP contribution is -1.37. The van der Waals surface area contributed by atoms with Crippen LogP contribution >= 0.6 is 0 Å². The highest BCUT2D eigenvalue weighted by atomic mass is 15.6. The zero-order valence-electron chi connectivity index (χ0n) is 3.58. The third-order valence-corrected chi connectivity index (χ3v) is 0.200. The highest BCUT2D eigenvalue weighted by Gasteiger charge is 1.70. The van der Waals surface area contributed by atoms with E-state index in [2.05, 4.69) is 30.7 Å². The van der Waals surface area contributed by atoms with Gasteiger partial charge in [-0.2, -0.15) is 9.82 Å². The van der Waals surface area contributed by atoms with E-state index in [4.69, 9.17) is 11.1 Å². The molecule has 0 saturated carbocycles. The molecule has 0 spiro atoms. The predicted molar refractivity (Wildman–Crippen MR) is 23.1 cm³/mol. The van der Waals surface area contributed by atoms with Crippen LogP contribution in [-0.4, -0.2) is 0 Å². The molecule has 0 aromatic rings. The van der Waals surface area contributed by atoms with Gasteiger partial charge in [0.25, 0.3) is 0 Å². The van der Waals surface area contributed by atoms with Crippen LogP contribution in [0.25, 0.3) is 20.9 Å². The number of hydrogen-bond donors (Lipinski definition) is 0. The third kappa shape index (κ3) is 4.22. The smallest absolute Gasteiger partial charge is 0.161 e. The van der Waals surface area contributed by atoms with Gasteiger partial charge in [0.15, 0.2) is 0 Å². The van der Waals surface area contributed by atoms with Gasteiger partial charge in [-0.15, -0.1) is 11.1 Å². The van der Waals surface area contributed by atoms with Crippen LogP contribution in [-0.2, 0) is 0 Å². The first-order valence-corrected chi connectivity index (χ1v) is 1.40. The Bertz CT molecular complexity index is 140. The molecule has 0 rings (SSSR count). The second-order valence-electron chi connectivity index (χ2n) is 0.537. The Kier molecular flexibility index (Phi) is 4.06. The Morgan fingerprint density at radius 3 is 1.50 bits per heavy atom. The standard InChI is InChI=1S/N8/c1-3-5-7-8-6-4-2/b8-7+. The lowest BCUT2D eigenvalue weighted by molar-refractivity contribution is 0.934. The average Bonchev–Trinajstić information content (AvgIpc) is 1.81. The van der Waals surface area contributed by atoms with Crippen molar-refractivity contribution < 1.29 is 0 Å². The van der Waals surface area contributed by atoms with Gasteiger partial charge in [0.1, 0.15) is 0 Å². The van der Waals surface area contributed by atoms with Gasteiger partial charge in [-0.25, -0.2) is 0 Å². The van der Waals surface area contributed by atoms with Gasteiger partial charge in [0.05, 0.1) is 10.4 Å². The SMILES string of the molecule is [N-]=[N+]=N/N=N/N=[N+]=[N-]. The summed E-state index contributed by atoms with van der Waals surface area (Å²) in [5, 5.41) is 10.6. The molecule has 0 unspecified atom stereocenters. The van der Waals surface area contributed by atoms with Gasteiger partial charge in [0, 0.05) is 0 Å². The molecule has 8 heteroatoms. The number of azide groups is 2. The summed E-state index contributed by atoms with van der Waals surface area (Å²) in [4.78, 5) is 4.38. The van der Waals surface area contributed by atoms with E-state index < -0.39 is 0 Å². The Morgan fingerprint density at radius 2 is 1.25 bits per heavy atom. The molecule has 0 aliphatic heterocycles. The van der Waals surface area contributed by atoms with Gasteiger partial charge in [-0.1, -0.05) is 0 Å². The van der Waals surface area contributed by atoms with E-state index in [1.807, 2.05) is 0 Å². The highest BCUT2D eigenvalue weighted by Crippen LogP contribution is 1.77. The van der Waals surface area contributed by atoms with E-state index in [-0.39, 0.29) is 0 Å². The van der Waals surface area contributed by atoms with E-state index in [0.29, 0.717) is 0 Å². The fourth-order valence-corrected chi connectivity index (χ4v) is 0.0716. The van der Waals surface area contributed by atoms with Crippen molar-refractivity contribution in [1.29, 1.82) is 0 Å². The summed E-state index contributed by atoms with van der Waals surface area (Å²) in [5.41, 5.74) is 15.1. The third-order valence-electron chi connectivity index (χ3n) is 0.200. The second-order valence-corrected chi connectivity index (χ2v) is 0.537. The van der Waals surface area contributed by atoms with Crippen LogP contribution < -0.4 is 0 Å². The molecular weight excluding hydrogens is 112 g/mol. The summed E-state index contributed by atoms with van der Waals surface area (Å²) in [6.07, 6.45) is 0. The van der Waals surface area contributed by atoms with Crippen LogP contribution in [0.3, 0.4) is 0 Å². The summed E-state index contributed by atoms with van der Waals surface area (Å²) in [6.45, 7) is 0. The molecule has 40 valence electrons. The number of nitrogens with zero attached hydrogens (tertiary/aromatic N) is 8. The fourth-order valence-electron chi connectivity index (χ4n) is 0.0716. The molecule has 8 heavy (non-hydrogen) atoms. The monoisotopic (exact) mass is 112 g/mol. The van der Waals surface area contributed by atoms with E-state index in [1.54, 1.807) is 0 Å². The quantitative estimate of drug-likeness (QED) is 0.224. The Hall–Kier alpha value is -1.78. The molecule has 0 atom stereocenters. The van der Waals surface area contributed by atoms with Crippen molar-refractivity contribution in [3.63, 3.8) is 0 Å². The van der Waals surface area contributed by atoms with Crippen LogP contribution in [0.1, 0.15) is 0 Å². The first-order chi connectivity index (χ1) is 3.91. The summed E-state index contributed by atoms with van der Waals surface area (Å²) in [6, 6.07) is 0. The van der Waals surface area contributed by atoms with E-state index >= 15 is 0 Å². The van der Waals surface area contributed by atoms with Crippen LogP contribution in [0.15, 0.2) is 20.9 Å². The predicted octanol–water partition coefficient (Wildman–Crippen LogP) is 1.89. The largest absolute Gasteiger partial charge is 0.225 e. The van der Waals surface area contributed by atoms with Crippen molar-refractivity contribution in [1.82, 2.24) is 0 Å². The van der Waals surface area contributed by atoms with Crippen molar-refractivity contribution in [2.45, 2.75) is 0 Å². The molecule has 0 saturated heterocycles. The first-order valence-electron chi connectivity index (χ1n) is 1.40. The van der Waals surface area contributed by atoms with Crippen molar-refractivity contribution in [3.05, 3.63) is 20.9 Å². The molecule has 0 fully saturated rings.